The number of halogens is 1. The zero-order chi connectivity index (χ0) is 12.6. The molecular weight excluding hydrogens is 238 g/mol. The molecule has 0 radical (unpaired) electrons. The average molecular weight is 258 g/mol. The maximum Gasteiger partial charge on any atom is 0.250 e. The van der Waals surface area contributed by atoms with E-state index in [1.807, 2.05) is 12.1 Å². The Morgan fingerprint density at radius 1 is 1.25 bits per heavy atom. The molecule has 1 aromatic carbocycles. The van der Waals surface area contributed by atoms with E-state index in [9.17, 15) is 0 Å². The predicted octanol–water partition coefficient (Wildman–Crippen LogP) is 4.31. The molecule has 0 aliphatic heterocycles. The molecule has 4 heteroatoms. The van der Waals surface area contributed by atoms with Gasteiger partial charge in [0, 0.05) is 5.69 Å². The van der Waals surface area contributed by atoms with Crippen LogP contribution in [0.2, 0.25) is 23.2 Å². The summed E-state index contributed by atoms with van der Waals surface area (Å²) in [5.41, 5.74) is 6.31. The first kappa shape index (κ1) is 13.4. The van der Waals surface area contributed by atoms with Crippen molar-refractivity contribution in [2.75, 3.05) is 5.73 Å². The zero-order valence-corrected chi connectivity index (χ0v) is 12.4. The molecule has 16 heavy (non-hydrogen) atoms. The third kappa shape index (κ3) is 2.92. The summed E-state index contributed by atoms with van der Waals surface area (Å²) >= 11 is 6.10. The highest BCUT2D eigenvalue weighted by atomic mass is 35.5. The second-order valence-corrected chi connectivity index (χ2v) is 10.7. The van der Waals surface area contributed by atoms with Gasteiger partial charge in [0.2, 0.25) is 0 Å². The summed E-state index contributed by atoms with van der Waals surface area (Å²) in [6.07, 6.45) is 0. The van der Waals surface area contributed by atoms with Crippen LogP contribution < -0.4 is 10.2 Å². The van der Waals surface area contributed by atoms with E-state index in [0.29, 0.717) is 10.7 Å². The van der Waals surface area contributed by atoms with E-state index >= 15 is 0 Å². The summed E-state index contributed by atoms with van der Waals surface area (Å²) in [5.74, 6) is 0.738. The van der Waals surface area contributed by atoms with Crippen molar-refractivity contribution in [1.82, 2.24) is 0 Å². The highest BCUT2D eigenvalue weighted by Crippen LogP contribution is 2.39. The van der Waals surface area contributed by atoms with Gasteiger partial charge in [0.25, 0.3) is 8.32 Å². The van der Waals surface area contributed by atoms with E-state index in [-0.39, 0.29) is 5.04 Å². The Balaban J connectivity index is 2.97. The number of rotatable bonds is 2. The monoisotopic (exact) mass is 257 g/mol. The summed E-state index contributed by atoms with van der Waals surface area (Å²) in [5, 5.41) is 0.752. The van der Waals surface area contributed by atoms with Crippen LogP contribution in [0.4, 0.5) is 5.69 Å². The molecule has 0 atom stereocenters. The minimum absolute atomic E-state index is 0.164. The molecule has 90 valence electrons. The van der Waals surface area contributed by atoms with Gasteiger partial charge in [-0.15, -0.1) is 0 Å². The SMILES string of the molecule is CC(C)(C)[Si](C)(C)Oc1ccc(N)cc1Cl. The second-order valence-electron chi connectivity index (χ2n) is 5.55. The summed E-state index contributed by atoms with van der Waals surface area (Å²) in [7, 11) is -1.82. The third-order valence-electron chi connectivity index (χ3n) is 3.13. The molecule has 1 aromatic rings. The van der Waals surface area contributed by atoms with Crippen LogP contribution in [0, 0.1) is 0 Å². The van der Waals surface area contributed by atoms with E-state index in [4.69, 9.17) is 21.8 Å². The first-order chi connectivity index (χ1) is 7.13. The number of hydrogen-bond donors (Lipinski definition) is 1. The van der Waals surface area contributed by atoms with E-state index in [2.05, 4.69) is 33.9 Å². The summed E-state index contributed by atoms with van der Waals surface area (Å²) in [4.78, 5) is 0. The van der Waals surface area contributed by atoms with Gasteiger partial charge in [-0.1, -0.05) is 32.4 Å². The molecule has 0 heterocycles. The van der Waals surface area contributed by atoms with Crippen LogP contribution >= 0.6 is 11.6 Å². The fraction of sp³-hybridized carbons (Fsp3) is 0.500. The van der Waals surface area contributed by atoms with Gasteiger partial charge in [0.05, 0.1) is 5.02 Å². The maximum atomic E-state index is 6.10. The van der Waals surface area contributed by atoms with Gasteiger partial charge in [-0.3, -0.25) is 0 Å². The fourth-order valence-corrected chi connectivity index (χ4v) is 2.35. The Labute approximate surface area is 104 Å². The third-order valence-corrected chi connectivity index (χ3v) is 7.77. The van der Waals surface area contributed by atoms with Crippen molar-refractivity contribution in [3.8, 4) is 5.75 Å². The normalized spacial score (nSPS) is 12.6. The lowest BCUT2D eigenvalue weighted by molar-refractivity contribution is 0.492. The molecule has 0 unspecified atom stereocenters. The second kappa shape index (κ2) is 4.30. The quantitative estimate of drug-likeness (QED) is 0.633. The number of benzene rings is 1. The van der Waals surface area contributed by atoms with Gasteiger partial charge in [0.1, 0.15) is 5.75 Å². The van der Waals surface area contributed by atoms with Gasteiger partial charge in [-0.2, -0.15) is 0 Å². The number of nitrogens with two attached hydrogens (primary N) is 1. The Kier molecular flexibility index (Phi) is 3.60. The van der Waals surface area contributed by atoms with Crippen molar-refractivity contribution in [3.63, 3.8) is 0 Å². The number of hydrogen-bond acceptors (Lipinski definition) is 2. The zero-order valence-electron chi connectivity index (χ0n) is 10.6. The Hall–Kier alpha value is -0.673. The lowest BCUT2D eigenvalue weighted by Crippen LogP contribution is -2.43. The number of anilines is 1. The van der Waals surface area contributed by atoms with Crippen molar-refractivity contribution >= 4 is 25.6 Å². The first-order valence-corrected chi connectivity index (χ1v) is 8.66. The molecule has 0 spiro atoms. The van der Waals surface area contributed by atoms with Crippen LogP contribution in [0.5, 0.6) is 5.75 Å². The van der Waals surface area contributed by atoms with Crippen LogP contribution in [0.1, 0.15) is 20.8 Å². The lowest BCUT2D eigenvalue weighted by atomic mass is 10.2. The van der Waals surface area contributed by atoms with Gasteiger partial charge in [-0.05, 0) is 36.3 Å². The summed E-state index contributed by atoms with van der Waals surface area (Å²) < 4.78 is 6.10. The van der Waals surface area contributed by atoms with Crippen molar-refractivity contribution in [2.24, 2.45) is 0 Å². The van der Waals surface area contributed by atoms with Crippen molar-refractivity contribution < 1.29 is 4.43 Å². The van der Waals surface area contributed by atoms with Gasteiger partial charge < -0.3 is 10.2 Å². The Bertz CT molecular complexity index is 385. The summed E-state index contributed by atoms with van der Waals surface area (Å²) in [6, 6.07) is 5.39. The Morgan fingerprint density at radius 2 is 1.81 bits per heavy atom. The molecule has 2 nitrogen and oxygen atoms in total. The molecule has 0 amide bonds. The van der Waals surface area contributed by atoms with Crippen LogP contribution in [0.3, 0.4) is 0 Å². The minimum atomic E-state index is -1.82. The topological polar surface area (TPSA) is 35.2 Å². The van der Waals surface area contributed by atoms with E-state index in [1.54, 1.807) is 6.07 Å². The summed E-state index contributed by atoms with van der Waals surface area (Å²) in [6.45, 7) is 11.0. The van der Waals surface area contributed by atoms with Gasteiger partial charge in [-0.25, -0.2) is 0 Å². The molecule has 0 saturated carbocycles. The molecule has 0 aliphatic carbocycles. The highest BCUT2D eigenvalue weighted by Gasteiger charge is 2.39. The van der Waals surface area contributed by atoms with Gasteiger partial charge in [0.15, 0.2) is 0 Å². The minimum Gasteiger partial charge on any atom is -0.543 e. The van der Waals surface area contributed by atoms with Crippen LogP contribution in [0.15, 0.2) is 18.2 Å². The molecule has 0 aromatic heterocycles. The fourth-order valence-electron chi connectivity index (χ4n) is 1.03. The lowest BCUT2D eigenvalue weighted by Gasteiger charge is -2.36. The van der Waals surface area contributed by atoms with E-state index < -0.39 is 8.32 Å². The van der Waals surface area contributed by atoms with Crippen LogP contribution in [-0.4, -0.2) is 8.32 Å². The van der Waals surface area contributed by atoms with Crippen molar-refractivity contribution in [3.05, 3.63) is 23.2 Å². The smallest absolute Gasteiger partial charge is 0.250 e. The maximum absolute atomic E-state index is 6.10. The van der Waals surface area contributed by atoms with Crippen LogP contribution in [0.25, 0.3) is 0 Å². The van der Waals surface area contributed by atoms with Crippen LogP contribution in [-0.2, 0) is 0 Å². The largest absolute Gasteiger partial charge is 0.543 e. The van der Waals surface area contributed by atoms with E-state index in [0.717, 1.165) is 5.75 Å². The van der Waals surface area contributed by atoms with Crippen molar-refractivity contribution in [1.29, 1.82) is 0 Å². The standard InChI is InChI=1S/C12H20ClNOSi/c1-12(2,3)16(4,5)15-11-7-6-9(14)8-10(11)13/h6-8H,14H2,1-5H3. The molecule has 2 N–H and O–H groups in total. The predicted molar refractivity (Wildman–Crippen MR) is 73.7 cm³/mol. The highest BCUT2D eigenvalue weighted by molar-refractivity contribution is 6.74. The molecule has 0 bridgehead atoms. The Morgan fingerprint density at radius 3 is 2.25 bits per heavy atom. The molecule has 0 aliphatic rings. The molecule has 0 fully saturated rings. The first-order valence-electron chi connectivity index (χ1n) is 5.37. The number of nitrogen functional groups attached to an aromatic ring is 1. The molecule has 1 rings (SSSR count). The van der Waals surface area contributed by atoms with E-state index in [1.165, 1.54) is 0 Å². The van der Waals surface area contributed by atoms with Gasteiger partial charge >= 0.3 is 0 Å². The molecular formula is C12H20ClNOSi. The molecule has 0 saturated heterocycles. The van der Waals surface area contributed by atoms with Crippen molar-refractivity contribution in [2.45, 2.75) is 38.9 Å². The average Bonchev–Trinajstić information content (AvgIpc) is 2.08.